The minimum atomic E-state index is -4.60. The van der Waals surface area contributed by atoms with Gasteiger partial charge in [-0.3, -0.25) is 14.1 Å². The second kappa shape index (κ2) is 31.1. The van der Waals surface area contributed by atoms with Crippen LogP contribution in [0.5, 0.6) is 0 Å². The van der Waals surface area contributed by atoms with Crippen molar-refractivity contribution in [2.24, 2.45) is 0 Å². The van der Waals surface area contributed by atoms with Crippen LogP contribution in [0, 0.1) is 0 Å². The molecule has 4 N–H and O–H groups in total. The van der Waals surface area contributed by atoms with Crippen molar-refractivity contribution in [2.45, 2.75) is 185 Å². The standard InChI is InChI=1S/C40H70O12S/c1-3-5-7-9-11-13-15-17-19-21-23-25-27-29-36(42)51-33(31-50-40-39(45)38(44)37(43)34(52-40)32-53(46,47)48)30-49-35(41)28-26-24-22-20-18-16-14-12-10-8-6-4-2/h5,7,11,13,17,19,33-34,37-40,43-45H,3-4,6,8-10,12,14-16,18,20-32H2,1-2H3,(H,46,47,48)/b7-5-,13-11-,19-17-. The third-order valence-electron chi connectivity index (χ3n) is 8.98. The van der Waals surface area contributed by atoms with Gasteiger partial charge < -0.3 is 34.3 Å². The lowest BCUT2D eigenvalue weighted by Gasteiger charge is -2.40. The second-order valence-electron chi connectivity index (χ2n) is 13.9. The summed E-state index contributed by atoms with van der Waals surface area (Å²) in [5.41, 5.74) is 0. The lowest BCUT2D eigenvalue weighted by molar-refractivity contribution is -0.297. The summed E-state index contributed by atoms with van der Waals surface area (Å²) in [6.07, 6.45) is 23.5. The van der Waals surface area contributed by atoms with Crippen LogP contribution in [0.15, 0.2) is 36.5 Å². The summed E-state index contributed by atoms with van der Waals surface area (Å²) < 4.78 is 53.8. The quantitative estimate of drug-likeness (QED) is 0.0237. The number of ether oxygens (including phenoxy) is 4. The number of hydrogen-bond donors (Lipinski definition) is 4. The third kappa shape index (κ3) is 26.3. The van der Waals surface area contributed by atoms with Gasteiger partial charge in [-0.15, -0.1) is 0 Å². The fourth-order valence-electron chi connectivity index (χ4n) is 5.87. The molecule has 0 radical (unpaired) electrons. The monoisotopic (exact) mass is 774 g/mol. The van der Waals surface area contributed by atoms with Gasteiger partial charge in [0.2, 0.25) is 0 Å². The Bertz CT molecular complexity index is 1140. The van der Waals surface area contributed by atoms with E-state index in [-0.39, 0.29) is 19.4 Å². The van der Waals surface area contributed by atoms with Crippen LogP contribution < -0.4 is 0 Å². The maximum absolute atomic E-state index is 12.7. The molecule has 1 aliphatic rings. The van der Waals surface area contributed by atoms with Gasteiger partial charge >= 0.3 is 11.9 Å². The van der Waals surface area contributed by atoms with Gasteiger partial charge in [0.15, 0.2) is 12.4 Å². The maximum atomic E-state index is 12.7. The maximum Gasteiger partial charge on any atom is 0.306 e. The molecule has 1 saturated heterocycles. The van der Waals surface area contributed by atoms with E-state index in [0.717, 1.165) is 57.8 Å². The van der Waals surface area contributed by atoms with Gasteiger partial charge in [0.05, 0.1) is 6.61 Å². The van der Waals surface area contributed by atoms with Crippen LogP contribution in [0.2, 0.25) is 0 Å². The summed E-state index contributed by atoms with van der Waals surface area (Å²) >= 11 is 0. The van der Waals surface area contributed by atoms with Crippen molar-refractivity contribution in [3.05, 3.63) is 36.5 Å². The Labute approximate surface area is 319 Å². The van der Waals surface area contributed by atoms with Crippen LogP contribution in [-0.4, -0.2) is 96.0 Å². The lowest BCUT2D eigenvalue weighted by atomic mass is 10.00. The Morgan fingerprint density at radius 3 is 1.77 bits per heavy atom. The van der Waals surface area contributed by atoms with Gasteiger partial charge in [0.1, 0.15) is 36.8 Å². The van der Waals surface area contributed by atoms with E-state index in [0.29, 0.717) is 12.8 Å². The smallest absolute Gasteiger partial charge is 0.306 e. The molecule has 53 heavy (non-hydrogen) atoms. The fraction of sp³-hybridized carbons (Fsp3) is 0.800. The molecular formula is C40H70O12S. The van der Waals surface area contributed by atoms with E-state index in [4.69, 9.17) is 18.9 Å². The topological polar surface area (TPSA) is 186 Å². The Kier molecular flexibility index (Phi) is 28.7. The van der Waals surface area contributed by atoms with Gasteiger partial charge in [0.25, 0.3) is 10.1 Å². The molecule has 1 fully saturated rings. The highest BCUT2D eigenvalue weighted by molar-refractivity contribution is 7.85. The van der Waals surface area contributed by atoms with Crippen LogP contribution in [0.25, 0.3) is 0 Å². The van der Waals surface area contributed by atoms with E-state index >= 15 is 0 Å². The summed E-state index contributed by atoms with van der Waals surface area (Å²) in [5, 5.41) is 30.8. The Morgan fingerprint density at radius 1 is 0.660 bits per heavy atom. The highest BCUT2D eigenvalue weighted by Gasteiger charge is 2.46. The number of esters is 2. The highest BCUT2D eigenvalue weighted by Crippen LogP contribution is 2.24. The van der Waals surface area contributed by atoms with E-state index < -0.39 is 71.2 Å². The minimum absolute atomic E-state index is 0.130. The van der Waals surface area contributed by atoms with Gasteiger partial charge in [-0.2, -0.15) is 8.42 Å². The Hall–Kier alpha value is -2.13. The first-order valence-corrected chi connectivity index (χ1v) is 21.7. The van der Waals surface area contributed by atoms with Crippen LogP contribution in [-0.2, 0) is 38.7 Å². The number of aliphatic hydroxyl groups excluding tert-OH is 3. The first-order valence-electron chi connectivity index (χ1n) is 20.0. The van der Waals surface area contributed by atoms with Gasteiger partial charge in [-0.25, -0.2) is 0 Å². The molecule has 0 aromatic heterocycles. The van der Waals surface area contributed by atoms with Gasteiger partial charge in [-0.1, -0.05) is 127 Å². The second-order valence-corrected chi connectivity index (χ2v) is 15.4. The molecule has 0 aromatic rings. The van der Waals surface area contributed by atoms with Crippen LogP contribution in [0.3, 0.4) is 0 Å². The van der Waals surface area contributed by atoms with Crippen molar-refractivity contribution in [3.63, 3.8) is 0 Å². The number of carbonyl (C=O) groups excluding carboxylic acids is 2. The molecular weight excluding hydrogens is 704 g/mol. The minimum Gasteiger partial charge on any atom is -0.462 e. The van der Waals surface area contributed by atoms with Crippen molar-refractivity contribution >= 4 is 22.1 Å². The summed E-state index contributed by atoms with van der Waals surface area (Å²) in [7, 11) is -4.60. The van der Waals surface area contributed by atoms with Crippen molar-refractivity contribution in [3.8, 4) is 0 Å². The highest BCUT2D eigenvalue weighted by atomic mass is 32.2. The molecule has 308 valence electrons. The van der Waals surface area contributed by atoms with Crippen LogP contribution >= 0.6 is 0 Å². The number of unbranched alkanes of at least 4 members (excludes halogenated alkanes) is 14. The summed E-state index contributed by atoms with van der Waals surface area (Å²) in [4.78, 5) is 25.2. The van der Waals surface area contributed by atoms with Crippen molar-refractivity contribution in [1.82, 2.24) is 0 Å². The average Bonchev–Trinajstić information content (AvgIpc) is 3.12. The Balaban J connectivity index is 2.54. The van der Waals surface area contributed by atoms with E-state index in [1.165, 1.54) is 51.4 Å². The van der Waals surface area contributed by atoms with Crippen LogP contribution in [0.4, 0.5) is 0 Å². The van der Waals surface area contributed by atoms with Crippen molar-refractivity contribution in [1.29, 1.82) is 0 Å². The molecule has 1 aliphatic heterocycles. The molecule has 0 amide bonds. The molecule has 0 bridgehead atoms. The first-order chi connectivity index (χ1) is 25.5. The van der Waals surface area contributed by atoms with Crippen molar-refractivity contribution < 1.29 is 56.8 Å². The SMILES string of the molecule is CC/C=C\C/C=C\C/C=C\CCCCCC(=O)OC(COC(=O)CCCCCCCCCCCCCC)COC1OC(CS(=O)(=O)O)C(O)C(O)C1O. The Morgan fingerprint density at radius 2 is 1.19 bits per heavy atom. The zero-order valence-corrected chi connectivity index (χ0v) is 33.2. The van der Waals surface area contributed by atoms with Gasteiger partial charge in [-0.05, 0) is 44.9 Å². The first kappa shape index (κ1) is 48.9. The number of allylic oxidation sites excluding steroid dienone is 6. The molecule has 1 heterocycles. The number of carbonyl (C=O) groups is 2. The largest absolute Gasteiger partial charge is 0.462 e. The molecule has 6 unspecified atom stereocenters. The molecule has 0 aliphatic carbocycles. The molecule has 6 atom stereocenters. The molecule has 12 nitrogen and oxygen atoms in total. The number of hydrogen-bond acceptors (Lipinski definition) is 11. The van der Waals surface area contributed by atoms with E-state index in [9.17, 15) is 37.9 Å². The predicted octanol–water partition coefficient (Wildman–Crippen LogP) is 7.05. The average molecular weight is 775 g/mol. The molecule has 13 heteroatoms. The van der Waals surface area contributed by atoms with Gasteiger partial charge in [0, 0.05) is 12.8 Å². The summed E-state index contributed by atoms with van der Waals surface area (Å²) in [6.45, 7) is 3.59. The third-order valence-corrected chi connectivity index (χ3v) is 9.73. The van der Waals surface area contributed by atoms with E-state index in [1.54, 1.807) is 0 Å². The lowest BCUT2D eigenvalue weighted by Crippen LogP contribution is -2.60. The number of aliphatic hydroxyl groups is 3. The summed E-state index contributed by atoms with van der Waals surface area (Å²) in [6, 6.07) is 0. The molecule has 0 saturated carbocycles. The molecule has 1 rings (SSSR count). The van der Waals surface area contributed by atoms with Crippen molar-refractivity contribution in [2.75, 3.05) is 19.0 Å². The molecule has 0 aromatic carbocycles. The number of rotatable bonds is 32. The summed E-state index contributed by atoms with van der Waals surface area (Å²) in [5.74, 6) is -2.02. The normalized spacial score (nSPS) is 21.5. The van der Waals surface area contributed by atoms with E-state index in [1.807, 2.05) is 0 Å². The fourth-order valence-corrected chi connectivity index (χ4v) is 6.56. The van der Waals surface area contributed by atoms with Crippen LogP contribution in [0.1, 0.15) is 149 Å². The predicted molar refractivity (Wildman–Crippen MR) is 206 cm³/mol. The zero-order valence-electron chi connectivity index (χ0n) is 32.4. The van der Waals surface area contributed by atoms with E-state index in [2.05, 4.69) is 50.3 Å². The molecule has 0 spiro atoms. The zero-order chi connectivity index (χ0) is 39.2.